The number of carbonyl (C=O) groups excluding carboxylic acids is 2. The number of methoxy groups -OCH3 is 3. The van der Waals surface area contributed by atoms with E-state index in [0.717, 1.165) is 18.2 Å². The van der Waals surface area contributed by atoms with Gasteiger partial charge in [0, 0.05) is 7.11 Å². The number of carbonyl (C=O) groups is 2. The molecule has 0 bridgehead atoms. The van der Waals surface area contributed by atoms with Gasteiger partial charge in [0.1, 0.15) is 12.4 Å². The lowest BCUT2D eigenvalue weighted by Gasteiger charge is -2.15. The van der Waals surface area contributed by atoms with Crippen LogP contribution >= 0.6 is 11.6 Å². The van der Waals surface area contributed by atoms with Gasteiger partial charge in [0.05, 0.1) is 42.7 Å². The number of nitrogens with one attached hydrogen (secondary N) is 1. The van der Waals surface area contributed by atoms with Crippen molar-refractivity contribution in [1.82, 2.24) is 0 Å². The van der Waals surface area contributed by atoms with Gasteiger partial charge >= 0.3 is 12.1 Å². The maximum absolute atomic E-state index is 13.1. The van der Waals surface area contributed by atoms with Crippen molar-refractivity contribution < 1.29 is 46.4 Å². The van der Waals surface area contributed by atoms with Crippen molar-refractivity contribution in [1.29, 1.82) is 0 Å². The van der Waals surface area contributed by atoms with Crippen LogP contribution in [0.3, 0.4) is 0 Å². The molecule has 1 N–H and O–H groups in total. The summed E-state index contributed by atoms with van der Waals surface area (Å²) in [7, 11) is 4.14. The average Bonchev–Trinajstić information content (AvgIpc) is 2.77. The highest BCUT2D eigenvalue weighted by Crippen LogP contribution is 2.37. The second-order valence-corrected chi connectivity index (χ2v) is 6.78. The Labute approximate surface area is 192 Å². The molecule has 0 radical (unpaired) electrons. The zero-order chi connectivity index (χ0) is 24.6. The lowest BCUT2D eigenvalue weighted by atomic mass is 10.1. The fraction of sp³-hybridized carbons (Fsp3) is 0.333. The molecule has 0 heterocycles. The largest absolute Gasteiger partial charge is 0.493 e. The molecule has 2 aromatic carbocycles. The Morgan fingerprint density at radius 1 is 1.00 bits per heavy atom. The minimum absolute atomic E-state index is 0.00796. The molecular formula is C21H21ClF3NO7. The zero-order valence-electron chi connectivity index (χ0n) is 17.9. The van der Waals surface area contributed by atoms with E-state index in [1.807, 2.05) is 0 Å². The quantitative estimate of drug-likeness (QED) is 0.393. The van der Waals surface area contributed by atoms with Crippen LogP contribution < -0.4 is 19.5 Å². The number of halogens is 4. The van der Waals surface area contributed by atoms with E-state index >= 15 is 0 Å². The van der Waals surface area contributed by atoms with Crippen LogP contribution in [-0.2, 0) is 20.4 Å². The molecule has 0 spiro atoms. The Hall–Kier alpha value is -3.18. The summed E-state index contributed by atoms with van der Waals surface area (Å²) in [6.07, 6.45) is -4.64. The molecule has 2 aromatic rings. The molecule has 0 aliphatic heterocycles. The van der Waals surface area contributed by atoms with Crippen LogP contribution in [0, 0.1) is 0 Å². The lowest BCUT2D eigenvalue weighted by Crippen LogP contribution is -2.22. The van der Waals surface area contributed by atoms with Gasteiger partial charge in [-0.15, -0.1) is 0 Å². The number of ether oxygens (including phenoxy) is 5. The molecule has 2 rings (SSSR count). The van der Waals surface area contributed by atoms with Gasteiger partial charge in [-0.3, -0.25) is 4.79 Å². The van der Waals surface area contributed by atoms with Gasteiger partial charge in [0.25, 0.3) is 5.91 Å². The van der Waals surface area contributed by atoms with Crippen LogP contribution in [0.4, 0.5) is 18.9 Å². The predicted molar refractivity (Wildman–Crippen MR) is 112 cm³/mol. The van der Waals surface area contributed by atoms with Crippen molar-refractivity contribution >= 4 is 29.2 Å². The molecule has 0 aromatic heterocycles. The van der Waals surface area contributed by atoms with Crippen LogP contribution in [0.15, 0.2) is 30.3 Å². The first-order valence-corrected chi connectivity index (χ1v) is 9.70. The summed E-state index contributed by atoms with van der Waals surface area (Å²) in [6.45, 7) is -0.557. The van der Waals surface area contributed by atoms with Gasteiger partial charge in [0.15, 0.2) is 18.1 Å². The van der Waals surface area contributed by atoms with Crippen LogP contribution in [0.5, 0.6) is 17.2 Å². The number of amides is 1. The van der Waals surface area contributed by atoms with Crippen molar-refractivity contribution in [3.05, 3.63) is 46.5 Å². The fourth-order valence-electron chi connectivity index (χ4n) is 2.60. The number of anilines is 1. The first kappa shape index (κ1) is 26.1. The molecule has 12 heteroatoms. The Morgan fingerprint density at radius 3 is 2.33 bits per heavy atom. The van der Waals surface area contributed by atoms with Crippen LogP contribution in [0.1, 0.15) is 15.9 Å². The van der Waals surface area contributed by atoms with E-state index in [-0.39, 0.29) is 46.7 Å². The SMILES string of the molecule is COCCOc1ccc(C(F)(F)F)cc1NC(=O)COC(=O)c1cc(Cl)c(OC)c(OC)c1. The number of hydrogen-bond acceptors (Lipinski definition) is 7. The van der Waals surface area contributed by atoms with E-state index in [1.54, 1.807) is 0 Å². The topological polar surface area (TPSA) is 92.3 Å². The number of esters is 1. The van der Waals surface area contributed by atoms with E-state index < -0.39 is 30.2 Å². The third kappa shape index (κ3) is 7.16. The van der Waals surface area contributed by atoms with E-state index in [9.17, 15) is 22.8 Å². The van der Waals surface area contributed by atoms with E-state index in [0.29, 0.717) is 0 Å². The standard InChI is InChI=1S/C21H21ClF3NO7/c1-29-6-7-32-16-5-4-13(21(23,24)25)10-15(16)26-18(27)11-33-20(28)12-8-14(22)19(31-3)17(9-12)30-2/h4-5,8-10H,6-7,11H2,1-3H3,(H,26,27). The first-order valence-electron chi connectivity index (χ1n) is 9.32. The van der Waals surface area contributed by atoms with Gasteiger partial charge in [-0.1, -0.05) is 11.6 Å². The molecule has 8 nitrogen and oxygen atoms in total. The minimum atomic E-state index is -4.64. The third-order valence-corrected chi connectivity index (χ3v) is 4.41. The monoisotopic (exact) mass is 491 g/mol. The molecule has 0 saturated heterocycles. The van der Waals surface area contributed by atoms with Gasteiger partial charge in [0.2, 0.25) is 0 Å². The summed E-state index contributed by atoms with van der Waals surface area (Å²) in [5.41, 5.74) is -1.25. The maximum atomic E-state index is 13.1. The van der Waals surface area contributed by atoms with E-state index in [2.05, 4.69) is 5.32 Å². The maximum Gasteiger partial charge on any atom is 0.416 e. The van der Waals surface area contributed by atoms with E-state index in [1.165, 1.54) is 33.5 Å². The van der Waals surface area contributed by atoms with Crippen molar-refractivity contribution in [2.24, 2.45) is 0 Å². The molecular weight excluding hydrogens is 471 g/mol. The molecule has 0 aliphatic carbocycles. The first-order chi connectivity index (χ1) is 15.6. The predicted octanol–water partition coefficient (Wildman–Crippen LogP) is 4.20. The second-order valence-electron chi connectivity index (χ2n) is 6.37. The number of alkyl halides is 3. The Balaban J connectivity index is 2.12. The van der Waals surface area contributed by atoms with Crippen LogP contribution in [0.2, 0.25) is 5.02 Å². The molecule has 33 heavy (non-hydrogen) atoms. The molecule has 180 valence electrons. The Morgan fingerprint density at radius 2 is 1.73 bits per heavy atom. The summed E-state index contributed by atoms with van der Waals surface area (Å²) in [5, 5.41) is 2.33. The highest BCUT2D eigenvalue weighted by atomic mass is 35.5. The Bertz CT molecular complexity index is 999. The normalized spacial score (nSPS) is 11.0. The molecule has 1 amide bonds. The van der Waals surface area contributed by atoms with Gasteiger partial charge in [-0.2, -0.15) is 13.2 Å². The summed E-state index contributed by atoms with van der Waals surface area (Å²) in [4.78, 5) is 24.6. The molecule has 0 fully saturated rings. The Kier molecular flexibility index (Phi) is 9.18. The summed E-state index contributed by atoms with van der Waals surface area (Å²) < 4.78 is 64.5. The highest BCUT2D eigenvalue weighted by molar-refractivity contribution is 6.32. The van der Waals surface area contributed by atoms with Crippen LogP contribution in [-0.4, -0.2) is 53.0 Å². The molecule has 0 aliphatic rings. The van der Waals surface area contributed by atoms with Crippen molar-refractivity contribution in [3.8, 4) is 17.2 Å². The van der Waals surface area contributed by atoms with Crippen LogP contribution in [0.25, 0.3) is 0 Å². The number of benzene rings is 2. The summed E-state index contributed by atoms with van der Waals surface area (Å²) >= 11 is 6.04. The third-order valence-electron chi connectivity index (χ3n) is 4.13. The average molecular weight is 492 g/mol. The van der Waals surface area contributed by atoms with Crippen molar-refractivity contribution in [3.63, 3.8) is 0 Å². The molecule has 0 saturated carbocycles. The number of rotatable bonds is 10. The smallest absolute Gasteiger partial charge is 0.416 e. The van der Waals surface area contributed by atoms with E-state index in [4.69, 9.17) is 35.3 Å². The fourth-order valence-corrected chi connectivity index (χ4v) is 2.89. The number of hydrogen-bond donors (Lipinski definition) is 1. The second kappa shape index (κ2) is 11.6. The zero-order valence-corrected chi connectivity index (χ0v) is 18.6. The van der Waals surface area contributed by atoms with Gasteiger partial charge < -0.3 is 29.0 Å². The molecule has 0 unspecified atom stereocenters. The lowest BCUT2D eigenvalue weighted by molar-refractivity contribution is -0.137. The highest BCUT2D eigenvalue weighted by Gasteiger charge is 2.31. The summed E-state index contributed by atoms with van der Waals surface area (Å²) in [6, 6.07) is 5.18. The molecule has 0 atom stereocenters. The van der Waals surface area contributed by atoms with Gasteiger partial charge in [-0.25, -0.2) is 4.79 Å². The van der Waals surface area contributed by atoms with Gasteiger partial charge in [-0.05, 0) is 30.3 Å². The van der Waals surface area contributed by atoms with Crippen molar-refractivity contribution in [2.75, 3.05) is 46.5 Å². The van der Waals surface area contributed by atoms with Crippen molar-refractivity contribution in [2.45, 2.75) is 6.18 Å². The summed E-state index contributed by atoms with van der Waals surface area (Å²) in [5.74, 6) is -1.42. The minimum Gasteiger partial charge on any atom is -0.493 e.